The molecule has 222 valence electrons. The van der Waals surface area contributed by atoms with E-state index in [0.29, 0.717) is 30.3 Å². The number of halogens is 1. The van der Waals surface area contributed by atoms with Gasteiger partial charge in [0, 0.05) is 40.9 Å². The first-order valence-electron chi connectivity index (χ1n) is 15.3. The van der Waals surface area contributed by atoms with Crippen LogP contribution >= 0.6 is 11.6 Å². The SMILES string of the molecule is COC(=O)c1cccc(C(=O)N2CCC(c3nn(C4CC4)c4ccc(C(c5ccccc5)c5ccc(Cl)cc5)cc34)CC2)c1. The molecule has 7 heteroatoms. The number of hydrogen-bond acceptors (Lipinski definition) is 4. The number of hydrogen-bond donors (Lipinski definition) is 0. The smallest absolute Gasteiger partial charge is 0.337 e. The fraction of sp³-hybridized carbons (Fsp3) is 0.270. The molecule has 44 heavy (non-hydrogen) atoms. The molecule has 7 rings (SSSR count). The predicted molar refractivity (Wildman–Crippen MR) is 173 cm³/mol. The van der Waals surface area contributed by atoms with E-state index in [1.165, 1.54) is 34.7 Å². The van der Waals surface area contributed by atoms with Crippen LogP contribution in [0.5, 0.6) is 0 Å². The summed E-state index contributed by atoms with van der Waals surface area (Å²) in [5.41, 5.74) is 6.86. The molecule has 1 saturated heterocycles. The zero-order valence-electron chi connectivity index (χ0n) is 24.7. The van der Waals surface area contributed by atoms with Crippen LogP contribution in [0.2, 0.25) is 5.02 Å². The van der Waals surface area contributed by atoms with Crippen LogP contribution < -0.4 is 0 Å². The van der Waals surface area contributed by atoms with Crippen molar-refractivity contribution in [3.8, 4) is 0 Å². The topological polar surface area (TPSA) is 64.4 Å². The Bertz CT molecular complexity index is 1820. The Labute approximate surface area is 262 Å². The second kappa shape index (κ2) is 11.9. The fourth-order valence-corrected chi connectivity index (χ4v) is 6.70. The van der Waals surface area contributed by atoms with Gasteiger partial charge in [-0.15, -0.1) is 0 Å². The van der Waals surface area contributed by atoms with Gasteiger partial charge in [0.25, 0.3) is 5.91 Å². The number of benzene rings is 4. The van der Waals surface area contributed by atoms with Gasteiger partial charge < -0.3 is 9.64 Å². The van der Waals surface area contributed by atoms with Crippen LogP contribution in [0, 0.1) is 0 Å². The minimum absolute atomic E-state index is 0.0569. The minimum Gasteiger partial charge on any atom is -0.465 e. The van der Waals surface area contributed by atoms with E-state index in [-0.39, 0.29) is 17.7 Å². The zero-order chi connectivity index (χ0) is 30.2. The van der Waals surface area contributed by atoms with Gasteiger partial charge in [0.2, 0.25) is 0 Å². The van der Waals surface area contributed by atoms with E-state index < -0.39 is 5.97 Å². The highest BCUT2D eigenvalue weighted by Gasteiger charge is 2.32. The summed E-state index contributed by atoms with van der Waals surface area (Å²) in [5.74, 6) is -0.181. The number of methoxy groups -OCH3 is 1. The largest absolute Gasteiger partial charge is 0.465 e. The Morgan fingerprint density at radius 3 is 2.18 bits per heavy atom. The van der Waals surface area contributed by atoms with Crippen LogP contribution in [-0.2, 0) is 4.74 Å². The highest BCUT2D eigenvalue weighted by molar-refractivity contribution is 6.30. The lowest BCUT2D eigenvalue weighted by molar-refractivity contribution is 0.0600. The van der Waals surface area contributed by atoms with Crippen molar-refractivity contribution < 1.29 is 14.3 Å². The lowest BCUT2D eigenvalue weighted by atomic mass is 9.84. The Balaban J connectivity index is 1.20. The zero-order valence-corrected chi connectivity index (χ0v) is 25.4. The molecule has 0 N–H and O–H groups in total. The lowest BCUT2D eigenvalue weighted by Gasteiger charge is -2.31. The number of piperidine rings is 1. The minimum atomic E-state index is -0.443. The summed E-state index contributed by atoms with van der Waals surface area (Å²) in [4.78, 5) is 27.3. The van der Waals surface area contributed by atoms with E-state index >= 15 is 0 Å². The molecular weight excluding hydrogens is 570 g/mol. The number of amides is 1. The van der Waals surface area contributed by atoms with E-state index in [1.807, 2.05) is 17.0 Å². The summed E-state index contributed by atoms with van der Waals surface area (Å²) in [7, 11) is 1.35. The van der Waals surface area contributed by atoms with Crippen molar-refractivity contribution in [2.75, 3.05) is 20.2 Å². The lowest BCUT2D eigenvalue weighted by Crippen LogP contribution is -2.38. The molecule has 0 bridgehead atoms. The third kappa shape index (κ3) is 5.50. The molecule has 1 aliphatic carbocycles. The number of rotatable bonds is 7. The number of ether oxygens (including phenoxy) is 1. The van der Waals surface area contributed by atoms with Gasteiger partial charge in [-0.1, -0.05) is 66.2 Å². The van der Waals surface area contributed by atoms with E-state index in [0.717, 1.165) is 36.4 Å². The number of carbonyl (C=O) groups excluding carboxylic acids is 2. The average molecular weight is 604 g/mol. The molecule has 2 heterocycles. The van der Waals surface area contributed by atoms with E-state index in [9.17, 15) is 9.59 Å². The first-order chi connectivity index (χ1) is 21.5. The third-order valence-electron chi connectivity index (χ3n) is 9.02. The molecule has 5 aromatic rings. The maximum absolute atomic E-state index is 13.4. The van der Waals surface area contributed by atoms with Crippen LogP contribution in [0.4, 0.5) is 0 Å². The molecule has 1 amide bonds. The summed E-state index contributed by atoms with van der Waals surface area (Å²) >= 11 is 6.27. The summed E-state index contributed by atoms with van der Waals surface area (Å²) < 4.78 is 7.08. The second-order valence-electron chi connectivity index (χ2n) is 11.9. The van der Waals surface area contributed by atoms with E-state index in [2.05, 4.69) is 65.3 Å². The molecule has 4 aromatic carbocycles. The molecule has 6 nitrogen and oxygen atoms in total. The van der Waals surface area contributed by atoms with Crippen molar-refractivity contribution >= 4 is 34.4 Å². The van der Waals surface area contributed by atoms with Gasteiger partial charge >= 0.3 is 5.97 Å². The maximum Gasteiger partial charge on any atom is 0.337 e. The number of aromatic nitrogens is 2. The Morgan fingerprint density at radius 1 is 0.795 bits per heavy atom. The van der Waals surface area contributed by atoms with Crippen LogP contribution in [0.3, 0.4) is 0 Å². The van der Waals surface area contributed by atoms with Gasteiger partial charge in [0.05, 0.1) is 29.9 Å². The highest BCUT2D eigenvalue weighted by atomic mass is 35.5. The maximum atomic E-state index is 13.4. The van der Waals surface area contributed by atoms with Gasteiger partial charge in [-0.05, 0) is 84.8 Å². The van der Waals surface area contributed by atoms with Gasteiger partial charge in [0.15, 0.2) is 0 Å². The van der Waals surface area contributed by atoms with Gasteiger partial charge in [0.1, 0.15) is 0 Å². The summed E-state index contributed by atoms with van der Waals surface area (Å²) in [6.07, 6.45) is 3.99. The van der Waals surface area contributed by atoms with Crippen molar-refractivity contribution in [3.63, 3.8) is 0 Å². The number of esters is 1. The summed E-state index contributed by atoms with van der Waals surface area (Å²) in [6, 6.07) is 32.8. The van der Waals surface area contributed by atoms with E-state index in [1.54, 1.807) is 24.3 Å². The Morgan fingerprint density at radius 2 is 1.48 bits per heavy atom. The van der Waals surface area contributed by atoms with Gasteiger partial charge in [-0.25, -0.2) is 4.79 Å². The summed E-state index contributed by atoms with van der Waals surface area (Å²) in [5, 5.41) is 7.18. The number of likely N-dealkylation sites (tertiary alicyclic amines) is 1. The number of nitrogens with zero attached hydrogens (tertiary/aromatic N) is 3. The Kier molecular flexibility index (Phi) is 7.69. The molecule has 2 fully saturated rings. The van der Waals surface area contributed by atoms with Crippen LogP contribution in [-0.4, -0.2) is 46.8 Å². The predicted octanol–water partition coefficient (Wildman–Crippen LogP) is 8.01. The fourth-order valence-electron chi connectivity index (χ4n) is 6.57. The summed E-state index contributed by atoms with van der Waals surface area (Å²) in [6.45, 7) is 1.28. The van der Waals surface area contributed by atoms with Crippen LogP contribution in [0.1, 0.15) is 86.7 Å². The molecule has 1 unspecified atom stereocenters. The van der Waals surface area contributed by atoms with Gasteiger partial charge in [-0.2, -0.15) is 5.10 Å². The van der Waals surface area contributed by atoms with Crippen molar-refractivity contribution in [2.24, 2.45) is 0 Å². The van der Waals surface area contributed by atoms with E-state index in [4.69, 9.17) is 21.4 Å². The quantitative estimate of drug-likeness (QED) is 0.140. The molecule has 1 aromatic heterocycles. The second-order valence-corrected chi connectivity index (χ2v) is 12.3. The Hall–Kier alpha value is -4.42. The molecule has 0 spiro atoms. The highest BCUT2D eigenvalue weighted by Crippen LogP contribution is 2.42. The van der Waals surface area contributed by atoms with Gasteiger partial charge in [-0.3, -0.25) is 9.48 Å². The van der Waals surface area contributed by atoms with Crippen molar-refractivity contribution in [3.05, 3.63) is 136 Å². The van der Waals surface area contributed by atoms with Crippen LogP contribution in [0.15, 0.2) is 97.1 Å². The molecule has 2 aliphatic rings. The first-order valence-corrected chi connectivity index (χ1v) is 15.7. The molecule has 0 radical (unpaired) electrons. The molecule has 1 atom stereocenters. The molecule has 1 aliphatic heterocycles. The molecular formula is C37H34ClN3O3. The molecule has 1 saturated carbocycles. The number of fused-ring (bicyclic) bond motifs is 1. The normalized spacial score (nSPS) is 16.2. The van der Waals surface area contributed by atoms with Crippen molar-refractivity contribution in [1.29, 1.82) is 0 Å². The first kappa shape index (κ1) is 28.4. The van der Waals surface area contributed by atoms with Crippen molar-refractivity contribution in [1.82, 2.24) is 14.7 Å². The standard InChI is InChI=1S/C37H34ClN3O3/c1-44-37(43)29-9-5-8-28(22-29)36(42)40-20-18-26(19-21-40)35-32-23-27(12-17-33(32)41(39-35)31-15-16-31)34(24-6-3-2-4-7-24)25-10-13-30(38)14-11-25/h2-14,17,22-23,26,31,34H,15-16,18-21H2,1H3. The van der Waals surface area contributed by atoms with Crippen molar-refractivity contribution in [2.45, 2.75) is 43.6 Å². The van der Waals surface area contributed by atoms with Crippen LogP contribution in [0.25, 0.3) is 10.9 Å². The average Bonchev–Trinajstić information content (AvgIpc) is 3.86. The number of carbonyl (C=O) groups is 2. The monoisotopic (exact) mass is 603 g/mol. The third-order valence-corrected chi connectivity index (χ3v) is 9.27.